The van der Waals surface area contributed by atoms with E-state index in [0.29, 0.717) is 0 Å². The van der Waals surface area contributed by atoms with Crippen molar-refractivity contribution in [3.05, 3.63) is 55.1 Å². The normalized spacial score (nSPS) is 12.6. The Morgan fingerprint density at radius 2 is 1.82 bits per heavy atom. The summed E-state index contributed by atoms with van der Waals surface area (Å²) in [6, 6.07) is 10.2. The molecule has 0 radical (unpaired) electrons. The summed E-state index contributed by atoms with van der Waals surface area (Å²) in [7, 11) is 0. The summed E-state index contributed by atoms with van der Waals surface area (Å²) < 4.78 is 2.20. The fourth-order valence-electron chi connectivity index (χ4n) is 1.72. The molecule has 0 bridgehead atoms. The third kappa shape index (κ3) is 3.41. The summed E-state index contributed by atoms with van der Waals surface area (Å²) in [5.74, 6) is 0.165. The number of benzene rings is 1. The lowest BCUT2D eigenvalue weighted by Crippen LogP contribution is -2.07. The van der Waals surface area contributed by atoms with E-state index in [1.54, 1.807) is 11.3 Å². The first-order valence-electron chi connectivity index (χ1n) is 5.29. The predicted octanol–water partition coefficient (Wildman–Crippen LogP) is 4.59. The van der Waals surface area contributed by atoms with Gasteiger partial charge in [0.05, 0.1) is 6.61 Å². The summed E-state index contributed by atoms with van der Waals surface area (Å²) in [5.41, 5.74) is 1.18. The van der Waals surface area contributed by atoms with Crippen molar-refractivity contribution in [3.63, 3.8) is 0 Å². The lowest BCUT2D eigenvalue weighted by Gasteiger charge is -2.14. The summed E-state index contributed by atoms with van der Waals surface area (Å²) in [5, 5.41) is 11.6. The molecule has 1 N–H and O–H groups in total. The number of halogens is 2. The third-order valence-corrected chi connectivity index (χ3v) is 5.16. The molecule has 0 fully saturated rings. The van der Waals surface area contributed by atoms with Crippen molar-refractivity contribution in [2.24, 2.45) is 0 Å². The highest BCUT2D eigenvalue weighted by molar-refractivity contribution is 9.10. The zero-order valence-corrected chi connectivity index (χ0v) is 13.1. The molecule has 1 unspecified atom stereocenters. The molecule has 1 aromatic carbocycles. The number of thiophene rings is 1. The number of hydrogen-bond acceptors (Lipinski definition) is 2. The first kappa shape index (κ1) is 13.3. The van der Waals surface area contributed by atoms with Crippen molar-refractivity contribution in [2.75, 3.05) is 6.61 Å². The zero-order chi connectivity index (χ0) is 12.3. The average molecular weight is 376 g/mol. The van der Waals surface area contributed by atoms with Gasteiger partial charge in [-0.2, -0.15) is 0 Å². The zero-order valence-electron chi connectivity index (χ0n) is 9.07. The monoisotopic (exact) mass is 374 g/mol. The highest BCUT2D eigenvalue weighted by Gasteiger charge is 2.13. The van der Waals surface area contributed by atoms with E-state index in [1.807, 2.05) is 12.1 Å². The summed E-state index contributed by atoms with van der Waals surface area (Å²) in [6.07, 6.45) is 0.871. The Morgan fingerprint density at radius 1 is 1.12 bits per heavy atom. The van der Waals surface area contributed by atoms with Crippen molar-refractivity contribution >= 4 is 43.2 Å². The number of aliphatic hydroxyl groups is 1. The van der Waals surface area contributed by atoms with Gasteiger partial charge >= 0.3 is 0 Å². The molecule has 17 heavy (non-hydrogen) atoms. The molecular weight excluding hydrogens is 364 g/mol. The highest BCUT2D eigenvalue weighted by atomic mass is 79.9. The minimum Gasteiger partial charge on any atom is -0.396 e. The van der Waals surface area contributed by atoms with Gasteiger partial charge in [0, 0.05) is 19.7 Å². The fraction of sp³-hybridized carbons (Fsp3) is 0.231. The quantitative estimate of drug-likeness (QED) is 0.828. The topological polar surface area (TPSA) is 20.2 Å². The molecule has 2 rings (SSSR count). The van der Waals surface area contributed by atoms with E-state index in [9.17, 15) is 5.11 Å². The van der Waals surface area contributed by atoms with Crippen LogP contribution in [0.5, 0.6) is 0 Å². The third-order valence-electron chi connectivity index (χ3n) is 2.68. The van der Waals surface area contributed by atoms with Crippen LogP contribution in [0.3, 0.4) is 0 Å². The minimum absolute atomic E-state index is 0.165. The van der Waals surface area contributed by atoms with Crippen molar-refractivity contribution < 1.29 is 5.11 Å². The molecule has 0 aliphatic heterocycles. The van der Waals surface area contributed by atoms with Gasteiger partial charge in [-0.25, -0.2) is 0 Å². The van der Waals surface area contributed by atoms with E-state index in [1.165, 1.54) is 10.4 Å². The van der Waals surface area contributed by atoms with Gasteiger partial charge in [0.15, 0.2) is 0 Å². The summed E-state index contributed by atoms with van der Waals surface area (Å²) in [6.45, 7) is 0.173. The molecule has 90 valence electrons. The molecule has 1 nitrogen and oxygen atoms in total. The van der Waals surface area contributed by atoms with Crippen LogP contribution in [0.4, 0.5) is 0 Å². The maximum Gasteiger partial charge on any atom is 0.0503 e. The molecule has 4 heteroatoms. The summed E-state index contributed by atoms with van der Waals surface area (Å²) >= 11 is 8.67. The van der Waals surface area contributed by atoms with Crippen molar-refractivity contribution in [3.8, 4) is 0 Å². The molecule has 0 aliphatic carbocycles. The molecule has 1 heterocycles. The molecule has 1 atom stereocenters. The van der Waals surface area contributed by atoms with Crippen molar-refractivity contribution in [1.82, 2.24) is 0 Å². The van der Waals surface area contributed by atoms with Gasteiger partial charge < -0.3 is 5.11 Å². The Labute approximate surface area is 122 Å². The Hall–Kier alpha value is -0.160. The SMILES string of the molecule is OCC(Cc1sccc1Br)c1ccc(Br)cc1. The van der Waals surface area contributed by atoms with E-state index in [0.717, 1.165) is 15.4 Å². The van der Waals surface area contributed by atoms with Crippen LogP contribution in [0.25, 0.3) is 0 Å². The molecular formula is C13H12Br2OS. The van der Waals surface area contributed by atoms with Crippen LogP contribution in [0.2, 0.25) is 0 Å². The van der Waals surface area contributed by atoms with Crippen molar-refractivity contribution in [2.45, 2.75) is 12.3 Å². The van der Waals surface area contributed by atoms with E-state index >= 15 is 0 Å². The first-order valence-corrected chi connectivity index (χ1v) is 7.75. The van der Waals surface area contributed by atoms with Crippen LogP contribution in [-0.2, 0) is 6.42 Å². The second-order valence-corrected chi connectivity index (χ2v) is 6.60. The molecule has 0 amide bonds. The Bertz CT molecular complexity index is 478. The number of aliphatic hydroxyl groups excluding tert-OH is 1. The standard InChI is InChI=1S/C13H12Br2OS/c14-11-3-1-9(2-4-11)10(8-16)7-13-12(15)5-6-17-13/h1-6,10,16H,7-8H2. The van der Waals surface area contributed by atoms with Crippen LogP contribution in [-0.4, -0.2) is 11.7 Å². The van der Waals surface area contributed by atoms with Gasteiger partial charge in [-0.3, -0.25) is 0 Å². The van der Waals surface area contributed by atoms with Crippen molar-refractivity contribution in [1.29, 1.82) is 0 Å². The van der Waals surface area contributed by atoms with Crippen LogP contribution in [0, 0.1) is 0 Å². The average Bonchev–Trinajstić information content (AvgIpc) is 2.73. The van der Waals surface area contributed by atoms with E-state index in [4.69, 9.17) is 0 Å². The smallest absolute Gasteiger partial charge is 0.0503 e. The molecule has 0 aliphatic rings. The lowest BCUT2D eigenvalue weighted by atomic mass is 9.96. The van der Waals surface area contributed by atoms with Crippen LogP contribution in [0.1, 0.15) is 16.4 Å². The molecule has 0 saturated heterocycles. The van der Waals surface area contributed by atoms with E-state index < -0.39 is 0 Å². The predicted molar refractivity (Wildman–Crippen MR) is 79.7 cm³/mol. The lowest BCUT2D eigenvalue weighted by molar-refractivity contribution is 0.265. The number of hydrogen-bond donors (Lipinski definition) is 1. The first-order chi connectivity index (χ1) is 8.20. The van der Waals surface area contributed by atoms with Crippen LogP contribution in [0.15, 0.2) is 44.7 Å². The second-order valence-electron chi connectivity index (χ2n) is 3.83. The molecule has 0 spiro atoms. The fourth-order valence-corrected chi connectivity index (χ4v) is 3.58. The van der Waals surface area contributed by atoms with Gasteiger partial charge in [-0.05, 0) is 51.5 Å². The van der Waals surface area contributed by atoms with Crippen LogP contribution >= 0.6 is 43.2 Å². The molecule has 0 saturated carbocycles. The minimum atomic E-state index is 0.165. The number of rotatable bonds is 4. The van der Waals surface area contributed by atoms with Gasteiger partial charge in [0.2, 0.25) is 0 Å². The Kier molecular flexibility index (Phi) is 4.79. The summed E-state index contributed by atoms with van der Waals surface area (Å²) in [4.78, 5) is 1.28. The maximum atomic E-state index is 9.52. The van der Waals surface area contributed by atoms with Gasteiger partial charge in [-0.15, -0.1) is 11.3 Å². The van der Waals surface area contributed by atoms with Crippen LogP contribution < -0.4 is 0 Å². The van der Waals surface area contributed by atoms with E-state index in [-0.39, 0.29) is 12.5 Å². The highest BCUT2D eigenvalue weighted by Crippen LogP contribution is 2.29. The Balaban J connectivity index is 2.17. The van der Waals surface area contributed by atoms with Gasteiger partial charge in [-0.1, -0.05) is 28.1 Å². The van der Waals surface area contributed by atoms with Gasteiger partial charge in [0.25, 0.3) is 0 Å². The molecule has 1 aromatic heterocycles. The largest absolute Gasteiger partial charge is 0.396 e. The van der Waals surface area contributed by atoms with E-state index in [2.05, 4.69) is 55.4 Å². The maximum absolute atomic E-state index is 9.52. The second kappa shape index (κ2) is 6.14. The molecule has 2 aromatic rings. The van der Waals surface area contributed by atoms with Gasteiger partial charge in [0.1, 0.15) is 0 Å². The Morgan fingerprint density at radius 3 is 2.35 bits per heavy atom.